The lowest BCUT2D eigenvalue weighted by Crippen LogP contribution is -2.46. The van der Waals surface area contributed by atoms with E-state index in [4.69, 9.17) is 0 Å². The zero-order chi connectivity index (χ0) is 20.6. The van der Waals surface area contributed by atoms with Gasteiger partial charge in [-0.25, -0.2) is 0 Å². The number of hydrogen-bond acceptors (Lipinski definition) is 0. The summed E-state index contributed by atoms with van der Waals surface area (Å²) in [4.78, 5) is 0. The Labute approximate surface area is 170 Å². The fourth-order valence-corrected chi connectivity index (χ4v) is 5.41. The van der Waals surface area contributed by atoms with Crippen molar-refractivity contribution < 1.29 is 4.48 Å². The summed E-state index contributed by atoms with van der Waals surface area (Å²) in [6.07, 6.45) is 1.32. The van der Waals surface area contributed by atoms with E-state index in [1.165, 1.54) is 36.1 Å². The van der Waals surface area contributed by atoms with Crippen molar-refractivity contribution in [1.82, 2.24) is 0 Å². The predicted octanol–water partition coefficient (Wildman–Crippen LogP) is 6.87. The number of hydrogen-bond donors (Lipinski definition) is 0. The summed E-state index contributed by atoms with van der Waals surface area (Å²) in [6, 6.07) is 9.53. The lowest BCUT2D eigenvalue weighted by atomic mass is 9.80. The van der Waals surface area contributed by atoms with Gasteiger partial charge in [-0.05, 0) is 34.3 Å². The minimum absolute atomic E-state index is 0.239. The number of likely N-dealkylation sites (N-methyl/N-ethyl adjacent to an activating group) is 1. The standard InChI is InChI=1S/C26H46N/c1-19(15-25(4,5)6)20(2)16-27(10)17-21(3)24(18-27)22-11-13-23(14-12-22)26(7,8)9/h11-14,19-21,24H,15-18H2,1-10H3/q+1. The highest BCUT2D eigenvalue weighted by Gasteiger charge is 2.42. The van der Waals surface area contributed by atoms with Gasteiger partial charge in [0.05, 0.1) is 26.7 Å². The third-order valence-electron chi connectivity index (χ3n) is 6.89. The van der Waals surface area contributed by atoms with Crippen LogP contribution in [0.4, 0.5) is 0 Å². The lowest BCUT2D eigenvalue weighted by Gasteiger charge is -2.36. The molecule has 5 unspecified atom stereocenters. The molecule has 0 N–H and O–H groups in total. The van der Waals surface area contributed by atoms with Gasteiger partial charge >= 0.3 is 0 Å². The molecule has 1 saturated heterocycles. The lowest BCUT2D eigenvalue weighted by molar-refractivity contribution is -0.903. The van der Waals surface area contributed by atoms with Gasteiger partial charge in [0, 0.05) is 17.8 Å². The van der Waals surface area contributed by atoms with E-state index in [2.05, 4.69) is 93.6 Å². The predicted molar refractivity (Wildman–Crippen MR) is 120 cm³/mol. The summed E-state index contributed by atoms with van der Waals surface area (Å²) in [5.41, 5.74) is 3.66. The van der Waals surface area contributed by atoms with Crippen molar-refractivity contribution >= 4 is 0 Å². The molecule has 27 heavy (non-hydrogen) atoms. The van der Waals surface area contributed by atoms with Crippen molar-refractivity contribution in [3.05, 3.63) is 35.4 Å². The largest absolute Gasteiger partial charge is 0.325 e. The van der Waals surface area contributed by atoms with Crippen LogP contribution in [0.1, 0.15) is 85.8 Å². The molecular formula is C26H46N+. The molecule has 1 aromatic rings. The fourth-order valence-electron chi connectivity index (χ4n) is 5.41. The smallest absolute Gasteiger partial charge is 0.0859 e. The first-order valence-corrected chi connectivity index (χ1v) is 11.1. The molecule has 0 amide bonds. The van der Waals surface area contributed by atoms with Crippen LogP contribution in [0, 0.1) is 23.2 Å². The minimum Gasteiger partial charge on any atom is -0.325 e. The Morgan fingerprint density at radius 2 is 1.48 bits per heavy atom. The maximum Gasteiger partial charge on any atom is 0.0859 e. The van der Waals surface area contributed by atoms with E-state index >= 15 is 0 Å². The van der Waals surface area contributed by atoms with E-state index in [1.54, 1.807) is 5.56 Å². The topological polar surface area (TPSA) is 0 Å². The number of nitrogens with zero attached hydrogens (tertiary/aromatic N) is 1. The summed E-state index contributed by atoms with van der Waals surface area (Å²) < 4.78 is 1.24. The van der Waals surface area contributed by atoms with Gasteiger partial charge in [0.15, 0.2) is 0 Å². The molecule has 1 aliphatic heterocycles. The molecule has 1 nitrogen and oxygen atoms in total. The first-order valence-electron chi connectivity index (χ1n) is 11.1. The van der Waals surface area contributed by atoms with Crippen molar-refractivity contribution in [2.75, 3.05) is 26.7 Å². The normalized spacial score (nSPS) is 29.0. The zero-order valence-corrected chi connectivity index (χ0v) is 19.9. The molecule has 2 rings (SSSR count). The molecular weight excluding hydrogens is 326 g/mol. The number of rotatable bonds is 5. The summed E-state index contributed by atoms with van der Waals surface area (Å²) >= 11 is 0. The maximum atomic E-state index is 2.50. The average Bonchev–Trinajstić information content (AvgIpc) is 2.79. The molecule has 0 spiro atoms. The van der Waals surface area contributed by atoms with Crippen LogP contribution in [0.15, 0.2) is 24.3 Å². The summed E-state index contributed by atoms with van der Waals surface area (Å²) in [7, 11) is 2.50. The molecule has 0 saturated carbocycles. The van der Waals surface area contributed by atoms with Gasteiger partial charge in [-0.15, -0.1) is 0 Å². The molecule has 0 aromatic heterocycles. The summed E-state index contributed by atoms with van der Waals surface area (Å²) in [5.74, 6) is 3.04. The van der Waals surface area contributed by atoms with Gasteiger partial charge in [-0.2, -0.15) is 0 Å². The van der Waals surface area contributed by atoms with E-state index in [0.717, 1.165) is 17.8 Å². The Hall–Kier alpha value is -0.820. The highest BCUT2D eigenvalue weighted by atomic mass is 15.4. The zero-order valence-electron chi connectivity index (χ0n) is 19.9. The monoisotopic (exact) mass is 372 g/mol. The third kappa shape index (κ3) is 6.08. The Balaban J connectivity index is 2.06. The molecule has 0 radical (unpaired) electrons. The second-order valence-corrected chi connectivity index (χ2v) is 12.3. The van der Waals surface area contributed by atoms with Crippen molar-refractivity contribution in [2.45, 2.75) is 80.1 Å². The fraction of sp³-hybridized carbons (Fsp3) is 0.769. The van der Waals surface area contributed by atoms with Crippen LogP contribution in [0.5, 0.6) is 0 Å². The molecule has 1 heteroatoms. The molecule has 1 aromatic carbocycles. The first-order chi connectivity index (χ1) is 12.2. The van der Waals surface area contributed by atoms with Gasteiger partial charge in [-0.1, -0.05) is 86.6 Å². The third-order valence-corrected chi connectivity index (χ3v) is 6.89. The van der Waals surface area contributed by atoms with Gasteiger partial charge in [0.2, 0.25) is 0 Å². The van der Waals surface area contributed by atoms with Gasteiger partial charge < -0.3 is 4.48 Å². The second kappa shape index (κ2) is 7.90. The molecule has 154 valence electrons. The summed E-state index contributed by atoms with van der Waals surface area (Å²) in [6.45, 7) is 25.4. The van der Waals surface area contributed by atoms with Crippen LogP contribution in [-0.2, 0) is 5.41 Å². The number of quaternary nitrogens is 1. The quantitative estimate of drug-likeness (QED) is 0.495. The van der Waals surface area contributed by atoms with Crippen molar-refractivity contribution in [2.24, 2.45) is 23.2 Å². The van der Waals surface area contributed by atoms with Crippen LogP contribution >= 0.6 is 0 Å². The Bertz CT molecular complexity index is 601. The minimum atomic E-state index is 0.239. The molecule has 0 bridgehead atoms. The first kappa shape index (κ1) is 22.5. The van der Waals surface area contributed by atoms with Crippen LogP contribution < -0.4 is 0 Å². The van der Waals surface area contributed by atoms with Crippen LogP contribution in [0.3, 0.4) is 0 Å². The highest BCUT2D eigenvalue weighted by Crippen LogP contribution is 2.38. The van der Waals surface area contributed by atoms with E-state index in [0.29, 0.717) is 11.3 Å². The Morgan fingerprint density at radius 1 is 0.926 bits per heavy atom. The summed E-state index contributed by atoms with van der Waals surface area (Å²) in [5, 5.41) is 0. The van der Waals surface area contributed by atoms with Crippen LogP contribution in [0.2, 0.25) is 0 Å². The van der Waals surface area contributed by atoms with Crippen LogP contribution in [0.25, 0.3) is 0 Å². The van der Waals surface area contributed by atoms with Gasteiger partial charge in [-0.3, -0.25) is 0 Å². The second-order valence-electron chi connectivity index (χ2n) is 12.3. The van der Waals surface area contributed by atoms with Crippen molar-refractivity contribution in [3.63, 3.8) is 0 Å². The Morgan fingerprint density at radius 3 is 1.96 bits per heavy atom. The molecule has 1 aliphatic rings. The SMILES string of the molecule is CC(CC(C)(C)C)C(C)C[N+]1(C)CC(C)C(c2ccc(C(C)(C)C)cc2)C1. The van der Waals surface area contributed by atoms with E-state index in [1.807, 2.05) is 0 Å². The van der Waals surface area contributed by atoms with E-state index in [-0.39, 0.29) is 5.41 Å². The van der Waals surface area contributed by atoms with Crippen molar-refractivity contribution in [1.29, 1.82) is 0 Å². The molecule has 1 fully saturated rings. The molecule has 1 heterocycles. The van der Waals surface area contributed by atoms with Crippen molar-refractivity contribution in [3.8, 4) is 0 Å². The maximum absolute atomic E-state index is 2.50. The van der Waals surface area contributed by atoms with Crippen LogP contribution in [-0.4, -0.2) is 31.2 Å². The van der Waals surface area contributed by atoms with E-state index < -0.39 is 0 Å². The molecule has 0 aliphatic carbocycles. The van der Waals surface area contributed by atoms with Gasteiger partial charge in [0.1, 0.15) is 0 Å². The Kier molecular flexibility index (Phi) is 6.57. The number of likely N-dealkylation sites (tertiary alicyclic amines) is 1. The highest BCUT2D eigenvalue weighted by molar-refractivity contribution is 5.30. The van der Waals surface area contributed by atoms with E-state index in [9.17, 15) is 0 Å². The average molecular weight is 373 g/mol. The number of benzene rings is 1. The molecule has 5 atom stereocenters. The van der Waals surface area contributed by atoms with Gasteiger partial charge in [0.25, 0.3) is 0 Å².